The van der Waals surface area contributed by atoms with Gasteiger partial charge in [-0.3, -0.25) is 0 Å². The average Bonchev–Trinajstić information content (AvgIpc) is 1.98. The minimum atomic E-state index is -1.30. The van der Waals surface area contributed by atoms with Crippen LogP contribution in [0, 0.1) is 5.82 Å². The van der Waals surface area contributed by atoms with Crippen LogP contribution in [0.3, 0.4) is 0 Å². The van der Waals surface area contributed by atoms with E-state index < -0.39 is 18.2 Å². The van der Waals surface area contributed by atoms with Gasteiger partial charge in [-0.2, -0.15) is 0 Å². The van der Waals surface area contributed by atoms with Crippen LogP contribution in [-0.2, 0) is 11.2 Å². The quantitative estimate of drug-likeness (QED) is 0.779. The van der Waals surface area contributed by atoms with Gasteiger partial charge in [-0.1, -0.05) is 15.9 Å². The molecule has 0 saturated carbocycles. The fourth-order valence-electron chi connectivity index (χ4n) is 0.893. The Labute approximate surface area is 91.0 Å². The number of hydrogen-bond acceptors (Lipinski definition) is 2. The zero-order valence-corrected chi connectivity index (χ0v) is 9.48. The minimum Gasteiger partial charge on any atom is -0.550 e. The van der Waals surface area contributed by atoms with Crippen molar-refractivity contribution >= 4 is 37.8 Å². The summed E-state index contributed by atoms with van der Waals surface area (Å²) >= 11 is 6.10. The van der Waals surface area contributed by atoms with Crippen LogP contribution in [0.25, 0.3) is 0 Å². The van der Waals surface area contributed by atoms with Gasteiger partial charge in [0.15, 0.2) is 0 Å². The van der Waals surface area contributed by atoms with Crippen molar-refractivity contribution in [3.05, 3.63) is 32.5 Å². The highest BCUT2D eigenvalue weighted by Crippen LogP contribution is 2.24. The number of carboxylic acids is 1. The number of carboxylic acid groups (broad SMARTS) is 1. The summed E-state index contributed by atoms with van der Waals surface area (Å²) in [6.07, 6.45) is -0.427. The molecule has 0 aliphatic rings. The maximum Gasteiger partial charge on any atom is 0.141 e. The lowest BCUT2D eigenvalue weighted by Crippen LogP contribution is -2.24. The summed E-state index contributed by atoms with van der Waals surface area (Å²) < 4.78 is 14.0. The molecule has 0 spiro atoms. The first-order valence-electron chi connectivity index (χ1n) is 3.34. The van der Waals surface area contributed by atoms with Crippen LogP contribution < -0.4 is 5.11 Å². The molecule has 0 saturated heterocycles. The Hall–Kier alpha value is -0.420. The van der Waals surface area contributed by atoms with Gasteiger partial charge in [0.05, 0.1) is 4.47 Å². The second-order valence-corrected chi connectivity index (χ2v) is 4.18. The normalized spacial score (nSPS) is 10.1. The number of aliphatic carboxylic acids is 1. The third kappa shape index (κ3) is 2.77. The molecule has 5 heteroatoms. The van der Waals surface area contributed by atoms with Crippen molar-refractivity contribution in [2.24, 2.45) is 0 Å². The summed E-state index contributed by atoms with van der Waals surface area (Å²) in [6.45, 7) is 0. The molecule has 1 rings (SSSR count). The highest BCUT2D eigenvalue weighted by Gasteiger charge is 2.07. The molecule has 0 fully saturated rings. The molecule has 0 bridgehead atoms. The van der Waals surface area contributed by atoms with Crippen LogP contribution in [0.1, 0.15) is 5.56 Å². The Morgan fingerprint density at radius 1 is 1.46 bits per heavy atom. The Morgan fingerprint density at radius 3 is 2.62 bits per heavy atom. The molecule has 13 heavy (non-hydrogen) atoms. The molecule has 0 aromatic heterocycles. The lowest BCUT2D eigenvalue weighted by atomic mass is 10.1. The maximum atomic E-state index is 13.2. The molecule has 0 unspecified atom stereocenters. The van der Waals surface area contributed by atoms with Crippen molar-refractivity contribution in [1.82, 2.24) is 0 Å². The predicted octanol–water partition coefficient (Wildman–Crippen LogP) is 1.64. The fourth-order valence-corrected chi connectivity index (χ4v) is 2.21. The fraction of sp³-hybridized carbons (Fsp3) is 0.125. The van der Waals surface area contributed by atoms with Crippen LogP contribution in [0.2, 0.25) is 0 Å². The molecular weight excluding hydrogens is 307 g/mol. The highest BCUT2D eigenvalue weighted by molar-refractivity contribution is 9.11. The molecule has 1 aromatic rings. The Balaban J connectivity index is 3.12. The van der Waals surface area contributed by atoms with Crippen LogP contribution in [0.5, 0.6) is 0 Å². The van der Waals surface area contributed by atoms with Crippen LogP contribution in [0.15, 0.2) is 21.1 Å². The van der Waals surface area contributed by atoms with Crippen LogP contribution >= 0.6 is 31.9 Å². The van der Waals surface area contributed by atoms with E-state index in [1.165, 1.54) is 12.1 Å². The van der Waals surface area contributed by atoms with Gasteiger partial charge >= 0.3 is 0 Å². The molecule has 0 N–H and O–H groups in total. The molecule has 0 atom stereocenters. The predicted molar refractivity (Wildman–Crippen MR) is 50.5 cm³/mol. The van der Waals surface area contributed by atoms with Crippen LogP contribution in [0.4, 0.5) is 4.39 Å². The van der Waals surface area contributed by atoms with Gasteiger partial charge in [0.2, 0.25) is 0 Å². The van der Waals surface area contributed by atoms with Crippen molar-refractivity contribution in [3.8, 4) is 0 Å². The van der Waals surface area contributed by atoms with Crippen molar-refractivity contribution in [2.45, 2.75) is 6.42 Å². The van der Waals surface area contributed by atoms with E-state index in [0.29, 0.717) is 4.47 Å². The van der Waals surface area contributed by atoms with E-state index in [0.717, 1.165) is 0 Å². The monoisotopic (exact) mass is 309 g/mol. The first-order valence-corrected chi connectivity index (χ1v) is 4.92. The molecule has 0 amide bonds. The number of hydrogen-bond donors (Lipinski definition) is 0. The van der Waals surface area contributed by atoms with Gasteiger partial charge in [-0.15, -0.1) is 0 Å². The topological polar surface area (TPSA) is 40.1 Å². The third-order valence-corrected chi connectivity index (χ3v) is 2.44. The summed E-state index contributed by atoms with van der Waals surface area (Å²) in [7, 11) is 0. The smallest absolute Gasteiger partial charge is 0.141 e. The third-order valence-electron chi connectivity index (χ3n) is 1.40. The largest absolute Gasteiger partial charge is 0.550 e. The molecular formula is C8H4Br2FO2-. The zero-order chi connectivity index (χ0) is 10.0. The molecule has 1 aromatic carbocycles. The first kappa shape index (κ1) is 10.7. The lowest BCUT2D eigenvalue weighted by molar-refractivity contribution is -0.304. The second kappa shape index (κ2) is 4.19. The van der Waals surface area contributed by atoms with E-state index in [2.05, 4.69) is 31.9 Å². The first-order chi connectivity index (χ1) is 6.00. The van der Waals surface area contributed by atoms with E-state index in [1.54, 1.807) is 0 Å². The number of benzene rings is 1. The molecule has 2 nitrogen and oxygen atoms in total. The maximum absolute atomic E-state index is 13.2. The Kier molecular flexibility index (Phi) is 3.44. The van der Waals surface area contributed by atoms with E-state index in [-0.39, 0.29) is 10.0 Å². The van der Waals surface area contributed by atoms with Crippen molar-refractivity contribution in [2.75, 3.05) is 0 Å². The molecule has 0 radical (unpaired) electrons. The van der Waals surface area contributed by atoms with Crippen LogP contribution in [-0.4, -0.2) is 5.97 Å². The van der Waals surface area contributed by atoms with Gasteiger partial charge in [0, 0.05) is 16.9 Å². The van der Waals surface area contributed by atoms with Gasteiger partial charge in [-0.05, 0) is 33.6 Å². The van der Waals surface area contributed by atoms with Crippen molar-refractivity contribution in [1.29, 1.82) is 0 Å². The highest BCUT2D eigenvalue weighted by atomic mass is 79.9. The van der Waals surface area contributed by atoms with Gasteiger partial charge in [0.1, 0.15) is 5.82 Å². The standard InChI is InChI=1S/C8H5Br2FO2/c9-5-1-4(2-7(12)13)8(11)6(10)3-5/h1,3H,2H2,(H,12,13)/p-1. The molecule has 0 aliphatic heterocycles. The minimum absolute atomic E-state index is 0.0984. The summed E-state index contributed by atoms with van der Waals surface area (Å²) in [5.74, 6) is -1.86. The van der Waals surface area contributed by atoms with Crippen molar-refractivity contribution in [3.63, 3.8) is 0 Å². The molecule has 70 valence electrons. The number of carbonyl (C=O) groups is 1. The summed E-state index contributed by atoms with van der Waals surface area (Å²) in [4.78, 5) is 10.2. The zero-order valence-electron chi connectivity index (χ0n) is 6.31. The van der Waals surface area contributed by atoms with Gasteiger partial charge in [-0.25, -0.2) is 4.39 Å². The summed E-state index contributed by atoms with van der Waals surface area (Å²) in [5.41, 5.74) is 0.0984. The number of halogens is 3. The molecule has 0 heterocycles. The Bertz CT molecular complexity index is 352. The van der Waals surface area contributed by atoms with E-state index in [9.17, 15) is 14.3 Å². The van der Waals surface area contributed by atoms with E-state index >= 15 is 0 Å². The number of carbonyl (C=O) groups excluding carboxylic acids is 1. The SMILES string of the molecule is O=C([O-])Cc1cc(Br)cc(Br)c1F. The number of rotatable bonds is 2. The Morgan fingerprint density at radius 2 is 2.08 bits per heavy atom. The lowest BCUT2D eigenvalue weighted by Gasteiger charge is -2.06. The summed E-state index contributed by atoms with van der Waals surface area (Å²) in [5, 5.41) is 10.2. The second-order valence-electron chi connectivity index (χ2n) is 2.41. The van der Waals surface area contributed by atoms with E-state index in [1.807, 2.05) is 0 Å². The average molecular weight is 311 g/mol. The van der Waals surface area contributed by atoms with Gasteiger partial charge in [0.25, 0.3) is 0 Å². The molecule has 0 aliphatic carbocycles. The van der Waals surface area contributed by atoms with E-state index in [4.69, 9.17) is 0 Å². The van der Waals surface area contributed by atoms with Crippen molar-refractivity contribution < 1.29 is 14.3 Å². The van der Waals surface area contributed by atoms with Gasteiger partial charge < -0.3 is 9.90 Å². The summed E-state index contributed by atoms with van der Waals surface area (Å²) in [6, 6.07) is 2.92.